The zero-order valence-corrected chi connectivity index (χ0v) is 9.29. The van der Waals surface area contributed by atoms with Gasteiger partial charge in [-0.2, -0.15) is 0 Å². The molecule has 3 heteroatoms. The van der Waals surface area contributed by atoms with Crippen LogP contribution in [0, 0.1) is 0 Å². The maximum Gasteiger partial charge on any atom is 0.171 e. The van der Waals surface area contributed by atoms with E-state index in [-0.39, 0.29) is 11.2 Å². The molecule has 2 nitrogen and oxygen atoms in total. The van der Waals surface area contributed by atoms with Gasteiger partial charge in [0.25, 0.3) is 0 Å². The standard InChI is InChI=1S/C10H15NOS/c1-6(12)9-7(11)5-8(13-9)10(2,3)4/h5H,11H2,1-4H3. The number of carbonyl (C=O) groups excluding carboxylic acids is 1. The Morgan fingerprint density at radius 3 is 2.23 bits per heavy atom. The number of nitrogen functional groups attached to an aromatic ring is 1. The molecule has 0 aliphatic carbocycles. The van der Waals surface area contributed by atoms with Crippen LogP contribution >= 0.6 is 11.3 Å². The van der Waals surface area contributed by atoms with Gasteiger partial charge < -0.3 is 5.73 Å². The van der Waals surface area contributed by atoms with Crippen molar-refractivity contribution in [2.45, 2.75) is 33.1 Å². The topological polar surface area (TPSA) is 43.1 Å². The fourth-order valence-electron chi connectivity index (χ4n) is 1.05. The third-order valence-corrected chi connectivity index (χ3v) is 3.50. The highest BCUT2D eigenvalue weighted by atomic mass is 32.1. The number of anilines is 1. The van der Waals surface area contributed by atoms with Crippen molar-refractivity contribution in [1.82, 2.24) is 0 Å². The van der Waals surface area contributed by atoms with Crippen LogP contribution in [-0.2, 0) is 5.41 Å². The average molecular weight is 197 g/mol. The van der Waals surface area contributed by atoms with E-state index in [1.165, 1.54) is 11.3 Å². The Morgan fingerprint density at radius 1 is 1.46 bits per heavy atom. The maximum atomic E-state index is 11.1. The number of thiophene rings is 1. The van der Waals surface area contributed by atoms with Crippen LogP contribution in [0.4, 0.5) is 5.69 Å². The molecule has 0 fully saturated rings. The van der Waals surface area contributed by atoms with Gasteiger partial charge in [-0.3, -0.25) is 4.79 Å². The number of nitrogens with two attached hydrogens (primary N) is 1. The smallest absolute Gasteiger partial charge is 0.171 e. The number of hydrogen-bond acceptors (Lipinski definition) is 3. The van der Waals surface area contributed by atoms with Crippen LogP contribution in [0.1, 0.15) is 42.2 Å². The SMILES string of the molecule is CC(=O)c1sc(C(C)(C)C)cc1N. The Balaban J connectivity index is 3.17. The van der Waals surface area contributed by atoms with Crippen LogP contribution < -0.4 is 5.73 Å². The zero-order valence-electron chi connectivity index (χ0n) is 8.47. The van der Waals surface area contributed by atoms with Crippen molar-refractivity contribution >= 4 is 22.8 Å². The van der Waals surface area contributed by atoms with Crippen LogP contribution in [0.2, 0.25) is 0 Å². The summed E-state index contributed by atoms with van der Waals surface area (Å²) in [5.41, 5.74) is 6.42. The summed E-state index contributed by atoms with van der Waals surface area (Å²) in [7, 11) is 0. The van der Waals surface area contributed by atoms with E-state index in [1.807, 2.05) is 6.07 Å². The van der Waals surface area contributed by atoms with E-state index in [2.05, 4.69) is 20.8 Å². The van der Waals surface area contributed by atoms with Crippen molar-refractivity contribution < 1.29 is 4.79 Å². The molecule has 0 spiro atoms. The lowest BCUT2D eigenvalue weighted by Gasteiger charge is -2.14. The molecular formula is C10H15NOS. The minimum Gasteiger partial charge on any atom is -0.397 e. The Bertz CT molecular complexity index is 333. The highest BCUT2D eigenvalue weighted by Gasteiger charge is 2.19. The van der Waals surface area contributed by atoms with Gasteiger partial charge in [0.2, 0.25) is 0 Å². The third kappa shape index (κ3) is 2.10. The van der Waals surface area contributed by atoms with Crippen molar-refractivity contribution in [3.05, 3.63) is 15.8 Å². The molecule has 0 atom stereocenters. The minimum atomic E-state index is 0.0537. The molecule has 0 saturated heterocycles. The quantitative estimate of drug-likeness (QED) is 0.703. The third-order valence-electron chi connectivity index (χ3n) is 1.82. The average Bonchev–Trinajstić information content (AvgIpc) is 2.29. The molecule has 0 aromatic carbocycles. The van der Waals surface area contributed by atoms with Gasteiger partial charge in [0, 0.05) is 11.8 Å². The van der Waals surface area contributed by atoms with Gasteiger partial charge in [0.1, 0.15) is 0 Å². The maximum absolute atomic E-state index is 11.1. The fourth-order valence-corrected chi connectivity index (χ4v) is 2.08. The number of hydrogen-bond donors (Lipinski definition) is 1. The van der Waals surface area contributed by atoms with Crippen molar-refractivity contribution in [2.24, 2.45) is 0 Å². The molecule has 13 heavy (non-hydrogen) atoms. The largest absolute Gasteiger partial charge is 0.397 e. The summed E-state index contributed by atoms with van der Waals surface area (Å²) in [6.45, 7) is 7.89. The van der Waals surface area contributed by atoms with Crippen molar-refractivity contribution in [1.29, 1.82) is 0 Å². The van der Waals surface area contributed by atoms with Gasteiger partial charge in [-0.25, -0.2) is 0 Å². The summed E-state index contributed by atoms with van der Waals surface area (Å²) in [5.74, 6) is 0.0537. The number of carbonyl (C=O) groups is 1. The summed E-state index contributed by atoms with van der Waals surface area (Å²) in [4.78, 5) is 13.0. The molecule has 72 valence electrons. The molecule has 1 aromatic rings. The molecule has 0 unspecified atom stereocenters. The molecule has 0 aliphatic rings. The Kier molecular flexibility index (Phi) is 2.48. The van der Waals surface area contributed by atoms with Crippen LogP contribution in [0.25, 0.3) is 0 Å². The van der Waals surface area contributed by atoms with Gasteiger partial charge in [-0.15, -0.1) is 11.3 Å². The van der Waals surface area contributed by atoms with E-state index in [0.29, 0.717) is 10.6 Å². The predicted octanol–water partition coefficient (Wildman–Crippen LogP) is 2.83. The molecule has 0 amide bonds. The van der Waals surface area contributed by atoms with Crippen LogP contribution in [0.5, 0.6) is 0 Å². The summed E-state index contributed by atoms with van der Waals surface area (Å²) in [6.07, 6.45) is 0. The van der Waals surface area contributed by atoms with Crippen molar-refractivity contribution in [3.8, 4) is 0 Å². The summed E-state index contributed by atoms with van der Waals surface area (Å²) in [6, 6.07) is 1.90. The van der Waals surface area contributed by atoms with Crippen LogP contribution in [0.15, 0.2) is 6.07 Å². The van der Waals surface area contributed by atoms with E-state index in [4.69, 9.17) is 5.73 Å². The Hall–Kier alpha value is -0.830. The lowest BCUT2D eigenvalue weighted by Crippen LogP contribution is -2.07. The summed E-state index contributed by atoms with van der Waals surface area (Å²) >= 11 is 1.50. The number of rotatable bonds is 1. The minimum absolute atomic E-state index is 0.0537. The van der Waals surface area contributed by atoms with Gasteiger partial charge in [0.15, 0.2) is 5.78 Å². The summed E-state index contributed by atoms with van der Waals surface area (Å²) in [5, 5.41) is 0. The highest BCUT2D eigenvalue weighted by Crippen LogP contribution is 2.33. The van der Waals surface area contributed by atoms with Crippen molar-refractivity contribution in [3.63, 3.8) is 0 Å². The van der Waals surface area contributed by atoms with E-state index in [1.54, 1.807) is 6.92 Å². The normalized spacial score (nSPS) is 11.7. The first-order valence-corrected chi connectivity index (χ1v) is 5.04. The van der Waals surface area contributed by atoms with E-state index in [0.717, 1.165) is 4.88 Å². The molecule has 0 aliphatic heterocycles. The van der Waals surface area contributed by atoms with Gasteiger partial charge in [-0.05, 0) is 11.5 Å². The van der Waals surface area contributed by atoms with E-state index < -0.39 is 0 Å². The molecule has 1 heterocycles. The first-order valence-electron chi connectivity index (χ1n) is 4.23. The molecule has 1 aromatic heterocycles. The number of Topliss-reactive ketones (excluding diaryl/α,β-unsaturated/α-hetero) is 1. The lowest BCUT2D eigenvalue weighted by molar-refractivity contribution is 0.102. The van der Waals surface area contributed by atoms with Gasteiger partial charge >= 0.3 is 0 Å². The van der Waals surface area contributed by atoms with Gasteiger partial charge in [0.05, 0.1) is 10.6 Å². The zero-order chi connectivity index (χ0) is 10.2. The second-order valence-corrected chi connectivity index (χ2v) is 5.25. The molecule has 0 saturated carbocycles. The molecule has 0 radical (unpaired) electrons. The molecular weight excluding hydrogens is 182 g/mol. The van der Waals surface area contributed by atoms with Crippen LogP contribution in [0.3, 0.4) is 0 Å². The summed E-state index contributed by atoms with van der Waals surface area (Å²) < 4.78 is 0. The Labute approximate surface area is 82.8 Å². The predicted molar refractivity (Wildman–Crippen MR) is 57.4 cm³/mol. The van der Waals surface area contributed by atoms with Gasteiger partial charge in [-0.1, -0.05) is 20.8 Å². The molecule has 1 rings (SSSR count). The highest BCUT2D eigenvalue weighted by molar-refractivity contribution is 7.14. The fraction of sp³-hybridized carbons (Fsp3) is 0.500. The first-order chi connectivity index (χ1) is 5.82. The van der Waals surface area contributed by atoms with E-state index in [9.17, 15) is 4.79 Å². The first kappa shape index (κ1) is 10.3. The Morgan fingerprint density at radius 2 is 2.00 bits per heavy atom. The van der Waals surface area contributed by atoms with Crippen LogP contribution in [-0.4, -0.2) is 5.78 Å². The number of ketones is 1. The lowest BCUT2D eigenvalue weighted by atomic mass is 9.95. The monoisotopic (exact) mass is 197 g/mol. The second-order valence-electron chi connectivity index (χ2n) is 4.20. The molecule has 2 N–H and O–H groups in total. The second kappa shape index (κ2) is 3.14. The van der Waals surface area contributed by atoms with Crippen molar-refractivity contribution in [2.75, 3.05) is 5.73 Å². The van der Waals surface area contributed by atoms with E-state index >= 15 is 0 Å². The molecule has 0 bridgehead atoms.